The topological polar surface area (TPSA) is 62.2 Å². The average molecular weight is 289 g/mol. The third-order valence-electron chi connectivity index (χ3n) is 3.46. The van der Waals surface area contributed by atoms with Gasteiger partial charge in [-0.15, -0.1) is 0 Å². The predicted molar refractivity (Wildman–Crippen MR) is 76.8 cm³/mol. The lowest BCUT2D eigenvalue weighted by Gasteiger charge is -2.06. The van der Waals surface area contributed by atoms with E-state index in [1.807, 2.05) is 24.3 Å². The van der Waals surface area contributed by atoms with Crippen LogP contribution in [0.15, 0.2) is 42.6 Å². The predicted octanol–water partition coefficient (Wildman–Crippen LogP) is 3.18. The van der Waals surface area contributed by atoms with E-state index in [1.165, 1.54) is 12.3 Å². The summed E-state index contributed by atoms with van der Waals surface area (Å²) in [5.74, 6) is 0.0629. The van der Waals surface area contributed by atoms with E-state index in [1.54, 1.807) is 6.07 Å². The maximum Gasteiger partial charge on any atom is 0.229 e. The van der Waals surface area contributed by atoms with Gasteiger partial charge in [0, 0.05) is 17.1 Å². The number of carbonyl (C=O) groups excluding carboxylic acids is 1. The molecule has 0 aliphatic heterocycles. The van der Waals surface area contributed by atoms with Crippen LogP contribution >= 0.6 is 11.6 Å². The van der Waals surface area contributed by atoms with E-state index in [4.69, 9.17) is 11.6 Å². The summed E-state index contributed by atoms with van der Waals surface area (Å²) in [6, 6.07) is 10.7. The first-order valence-corrected chi connectivity index (χ1v) is 6.74. The number of aromatic nitrogens is 1. The van der Waals surface area contributed by atoms with Crippen LogP contribution in [0.5, 0.6) is 5.75 Å². The Kier molecular flexibility index (Phi) is 3.32. The number of amides is 1. The monoisotopic (exact) mass is 288 g/mol. The number of nitrogens with one attached hydrogen (secondary N) is 1. The highest BCUT2D eigenvalue weighted by Crippen LogP contribution is 2.50. The van der Waals surface area contributed by atoms with Gasteiger partial charge in [0.05, 0.1) is 0 Å². The van der Waals surface area contributed by atoms with E-state index in [0.717, 1.165) is 12.0 Å². The normalized spacial score (nSPS) is 20.4. The van der Waals surface area contributed by atoms with Crippen molar-refractivity contribution in [3.05, 3.63) is 53.2 Å². The Morgan fingerprint density at radius 3 is 2.85 bits per heavy atom. The number of aromatic hydroxyl groups is 1. The molecule has 1 aromatic heterocycles. The van der Waals surface area contributed by atoms with E-state index in [-0.39, 0.29) is 29.3 Å². The summed E-state index contributed by atoms with van der Waals surface area (Å²) in [6.45, 7) is 0. The van der Waals surface area contributed by atoms with Crippen LogP contribution < -0.4 is 5.32 Å². The van der Waals surface area contributed by atoms with Gasteiger partial charge >= 0.3 is 0 Å². The molecule has 1 aliphatic carbocycles. The number of hydrogen-bond acceptors (Lipinski definition) is 3. The number of nitrogens with zero attached hydrogens (tertiary/aromatic N) is 1. The molecular weight excluding hydrogens is 276 g/mol. The number of hydrogen-bond donors (Lipinski definition) is 2. The fourth-order valence-corrected chi connectivity index (χ4v) is 2.58. The van der Waals surface area contributed by atoms with Gasteiger partial charge in [-0.1, -0.05) is 29.8 Å². The first kappa shape index (κ1) is 12.9. The number of carbonyl (C=O) groups is 1. The fourth-order valence-electron chi connectivity index (χ4n) is 2.31. The van der Waals surface area contributed by atoms with Gasteiger partial charge in [0.1, 0.15) is 0 Å². The van der Waals surface area contributed by atoms with Gasteiger partial charge in [-0.2, -0.15) is 0 Å². The molecule has 0 spiro atoms. The molecule has 1 saturated carbocycles. The van der Waals surface area contributed by atoms with Crippen molar-refractivity contribution in [1.29, 1.82) is 0 Å². The molecule has 0 unspecified atom stereocenters. The molecule has 0 saturated heterocycles. The van der Waals surface area contributed by atoms with Gasteiger partial charge in [-0.25, -0.2) is 4.98 Å². The molecule has 20 heavy (non-hydrogen) atoms. The number of benzene rings is 1. The smallest absolute Gasteiger partial charge is 0.229 e. The summed E-state index contributed by atoms with van der Waals surface area (Å²) < 4.78 is 0. The van der Waals surface area contributed by atoms with Crippen molar-refractivity contribution in [3.8, 4) is 5.75 Å². The van der Waals surface area contributed by atoms with E-state index in [2.05, 4.69) is 10.3 Å². The molecule has 2 N–H and O–H groups in total. The molecule has 1 heterocycles. The van der Waals surface area contributed by atoms with Crippen molar-refractivity contribution in [3.63, 3.8) is 0 Å². The molecular formula is C15H13ClN2O2. The van der Waals surface area contributed by atoms with Crippen molar-refractivity contribution < 1.29 is 9.90 Å². The largest absolute Gasteiger partial charge is 0.504 e. The minimum Gasteiger partial charge on any atom is -0.504 e. The van der Waals surface area contributed by atoms with Crippen LogP contribution in [0.25, 0.3) is 0 Å². The maximum absolute atomic E-state index is 12.1. The molecule has 1 fully saturated rings. The molecule has 1 aliphatic rings. The second kappa shape index (κ2) is 5.13. The van der Waals surface area contributed by atoms with E-state index < -0.39 is 0 Å². The second-order valence-corrected chi connectivity index (χ2v) is 5.24. The molecule has 2 atom stereocenters. The fraction of sp³-hybridized carbons (Fsp3) is 0.200. The van der Waals surface area contributed by atoms with Gasteiger partial charge in [0.25, 0.3) is 0 Å². The molecule has 4 nitrogen and oxygen atoms in total. The number of halogens is 1. The molecule has 3 rings (SSSR count). The van der Waals surface area contributed by atoms with Gasteiger partial charge in [-0.05, 0) is 36.1 Å². The molecule has 0 bridgehead atoms. The van der Waals surface area contributed by atoms with Crippen LogP contribution in [0.2, 0.25) is 5.02 Å². The summed E-state index contributed by atoms with van der Waals surface area (Å²) in [4.78, 5) is 16.1. The summed E-state index contributed by atoms with van der Waals surface area (Å²) in [6.07, 6.45) is 2.29. The molecule has 0 radical (unpaired) electrons. The lowest BCUT2D eigenvalue weighted by molar-refractivity contribution is -0.117. The Morgan fingerprint density at radius 2 is 2.10 bits per heavy atom. The van der Waals surface area contributed by atoms with E-state index in [9.17, 15) is 9.90 Å². The van der Waals surface area contributed by atoms with Crippen LogP contribution in [0, 0.1) is 5.92 Å². The van der Waals surface area contributed by atoms with Gasteiger partial charge < -0.3 is 10.4 Å². The Balaban J connectivity index is 1.69. The number of pyridine rings is 1. The first-order valence-electron chi connectivity index (χ1n) is 6.36. The summed E-state index contributed by atoms with van der Waals surface area (Å²) >= 11 is 6.13. The first-order chi connectivity index (χ1) is 9.66. The lowest BCUT2D eigenvalue weighted by atomic mass is 10.1. The maximum atomic E-state index is 12.1. The summed E-state index contributed by atoms with van der Waals surface area (Å²) in [5, 5.41) is 12.9. The van der Waals surface area contributed by atoms with Crippen molar-refractivity contribution in [2.24, 2.45) is 5.92 Å². The van der Waals surface area contributed by atoms with Gasteiger partial charge in [0.15, 0.2) is 11.6 Å². The molecule has 1 amide bonds. The number of anilines is 1. The minimum absolute atomic E-state index is 0.0317. The highest BCUT2D eigenvalue weighted by atomic mass is 35.5. The lowest BCUT2D eigenvalue weighted by Crippen LogP contribution is -2.15. The third kappa shape index (κ3) is 2.47. The minimum atomic E-state index is -0.135. The zero-order valence-electron chi connectivity index (χ0n) is 10.6. The highest BCUT2D eigenvalue weighted by molar-refractivity contribution is 6.31. The van der Waals surface area contributed by atoms with Crippen LogP contribution in [0.1, 0.15) is 17.9 Å². The zero-order chi connectivity index (χ0) is 14.1. The average Bonchev–Trinajstić information content (AvgIpc) is 3.22. The number of rotatable bonds is 3. The standard InChI is InChI=1S/C15H13ClN2O2/c16-12-5-2-1-4-9(12)10-8-11(10)15(20)18-14-13(19)6-3-7-17-14/h1-7,10-11,19H,8H2,(H,17,18,20)/t10-,11+/m0/s1. The van der Waals surface area contributed by atoms with Crippen LogP contribution in [-0.4, -0.2) is 16.0 Å². The molecule has 5 heteroatoms. The van der Waals surface area contributed by atoms with Crippen LogP contribution in [0.3, 0.4) is 0 Å². The van der Waals surface area contributed by atoms with Gasteiger partial charge in [-0.3, -0.25) is 4.79 Å². The molecule has 102 valence electrons. The quantitative estimate of drug-likeness (QED) is 0.912. The van der Waals surface area contributed by atoms with Crippen molar-refractivity contribution >= 4 is 23.3 Å². The summed E-state index contributed by atoms with van der Waals surface area (Å²) in [7, 11) is 0. The van der Waals surface area contributed by atoms with Crippen LogP contribution in [-0.2, 0) is 4.79 Å². The van der Waals surface area contributed by atoms with E-state index >= 15 is 0 Å². The Bertz CT molecular complexity index is 660. The highest BCUT2D eigenvalue weighted by Gasteiger charge is 2.45. The molecule has 1 aromatic carbocycles. The van der Waals surface area contributed by atoms with Gasteiger partial charge in [0.2, 0.25) is 5.91 Å². The summed E-state index contributed by atoms with van der Waals surface area (Å²) in [5.41, 5.74) is 1.000. The third-order valence-corrected chi connectivity index (χ3v) is 3.80. The Hall–Kier alpha value is -2.07. The van der Waals surface area contributed by atoms with Crippen molar-refractivity contribution in [1.82, 2.24) is 4.98 Å². The second-order valence-electron chi connectivity index (χ2n) is 4.83. The Morgan fingerprint density at radius 1 is 1.30 bits per heavy atom. The Labute approximate surface area is 121 Å². The van der Waals surface area contributed by atoms with Crippen molar-refractivity contribution in [2.45, 2.75) is 12.3 Å². The molecule has 2 aromatic rings. The zero-order valence-corrected chi connectivity index (χ0v) is 11.3. The van der Waals surface area contributed by atoms with Crippen molar-refractivity contribution in [2.75, 3.05) is 5.32 Å². The van der Waals surface area contributed by atoms with E-state index in [0.29, 0.717) is 5.02 Å². The SMILES string of the molecule is O=C(Nc1ncccc1O)[C@@H]1C[C@H]1c1ccccc1Cl. The van der Waals surface area contributed by atoms with Crippen LogP contribution in [0.4, 0.5) is 5.82 Å².